The lowest BCUT2D eigenvalue weighted by atomic mass is 10.1. The predicted molar refractivity (Wildman–Crippen MR) is 56.6 cm³/mol. The van der Waals surface area contributed by atoms with E-state index in [4.69, 9.17) is 4.74 Å². The molecule has 0 radical (unpaired) electrons. The van der Waals surface area contributed by atoms with Crippen molar-refractivity contribution in [1.82, 2.24) is 4.98 Å². The molecule has 2 heterocycles. The number of rotatable bonds is 2. The Balaban J connectivity index is 2.28. The van der Waals surface area contributed by atoms with Gasteiger partial charge in [0.15, 0.2) is 5.76 Å². The van der Waals surface area contributed by atoms with E-state index in [9.17, 15) is 4.79 Å². The van der Waals surface area contributed by atoms with Gasteiger partial charge in [-0.15, -0.1) is 0 Å². The summed E-state index contributed by atoms with van der Waals surface area (Å²) < 4.78 is 5.32. The van der Waals surface area contributed by atoms with E-state index >= 15 is 0 Å². The fourth-order valence-corrected chi connectivity index (χ4v) is 1.56. The fraction of sp³-hybridized carbons (Fsp3) is 0.333. The van der Waals surface area contributed by atoms with Gasteiger partial charge in [-0.3, -0.25) is 9.78 Å². The fourth-order valence-electron chi connectivity index (χ4n) is 1.56. The van der Waals surface area contributed by atoms with Gasteiger partial charge in [0.2, 0.25) is 5.78 Å². The van der Waals surface area contributed by atoms with Gasteiger partial charge >= 0.3 is 0 Å². The summed E-state index contributed by atoms with van der Waals surface area (Å²) in [6.07, 6.45) is 5.37. The first-order valence-corrected chi connectivity index (χ1v) is 5.08. The maximum absolute atomic E-state index is 12.0. The minimum absolute atomic E-state index is 0.104. The number of ketones is 1. The van der Waals surface area contributed by atoms with Crippen LogP contribution in [0, 0.1) is 6.92 Å². The van der Waals surface area contributed by atoms with Gasteiger partial charge in [0.1, 0.15) is 5.69 Å². The summed E-state index contributed by atoms with van der Waals surface area (Å²) in [6, 6.07) is 3.70. The van der Waals surface area contributed by atoms with Gasteiger partial charge < -0.3 is 4.74 Å². The van der Waals surface area contributed by atoms with Crippen molar-refractivity contribution in [2.75, 3.05) is 6.61 Å². The van der Waals surface area contributed by atoms with Crippen LogP contribution < -0.4 is 0 Å². The SMILES string of the molecule is Cc1cccnc1C(=O)C1=CCCCO1. The van der Waals surface area contributed by atoms with Crippen molar-refractivity contribution in [3.8, 4) is 0 Å². The molecule has 0 bridgehead atoms. The summed E-state index contributed by atoms with van der Waals surface area (Å²) in [4.78, 5) is 16.0. The van der Waals surface area contributed by atoms with E-state index in [1.54, 1.807) is 6.20 Å². The molecule has 0 unspecified atom stereocenters. The summed E-state index contributed by atoms with van der Waals surface area (Å²) in [7, 11) is 0. The molecule has 1 aromatic heterocycles. The quantitative estimate of drug-likeness (QED) is 0.692. The van der Waals surface area contributed by atoms with Gasteiger partial charge in [-0.2, -0.15) is 0 Å². The van der Waals surface area contributed by atoms with Crippen LogP contribution in [0.4, 0.5) is 0 Å². The molecule has 0 atom stereocenters. The molecular formula is C12H13NO2. The predicted octanol–water partition coefficient (Wildman–Crippen LogP) is 2.27. The van der Waals surface area contributed by atoms with Crippen LogP contribution in [0.5, 0.6) is 0 Å². The number of nitrogens with zero attached hydrogens (tertiary/aromatic N) is 1. The van der Waals surface area contributed by atoms with Crippen molar-refractivity contribution in [1.29, 1.82) is 0 Å². The van der Waals surface area contributed by atoms with E-state index in [0.717, 1.165) is 18.4 Å². The highest BCUT2D eigenvalue weighted by molar-refractivity contribution is 6.06. The van der Waals surface area contributed by atoms with Crippen LogP contribution >= 0.6 is 0 Å². The summed E-state index contributed by atoms with van der Waals surface area (Å²) >= 11 is 0. The van der Waals surface area contributed by atoms with Gasteiger partial charge in [0.25, 0.3) is 0 Å². The Bertz CT molecular complexity index is 410. The number of aryl methyl sites for hydroxylation is 1. The third-order valence-electron chi connectivity index (χ3n) is 2.38. The summed E-state index contributed by atoms with van der Waals surface area (Å²) in [6.45, 7) is 2.51. The molecule has 15 heavy (non-hydrogen) atoms. The first-order valence-electron chi connectivity index (χ1n) is 5.08. The van der Waals surface area contributed by atoms with Crippen molar-refractivity contribution in [2.45, 2.75) is 19.8 Å². The lowest BCUT2D eigenvalue weighted by Gasteiger charge is -2.13. The Kier molecular flexibility index (Phi) is 2.81. The van der Waals surface area contributed by atoms with E-state index in [0.29, 0.717) is 18.1 Å². The number of aromatic nitrogens is 1. The molecular weight excluding hydrogens is 190 g/mol. The van der Waals surface area contributed by atoms with Gasteiger partial charge in [-0.1, -0.05) is 6.07 Å². The van der Waals surface area contributed by atoms with E-state index in [-0.39, 0.29) is 5.78 Å². The monoisotopic (exact) mass is 203 g/mol. The van der Waals surface area contributed by atoms with Crippen LogP contribution in [0.3, 0.4) is 0 Å². The molecule has 1 aliphatic rings. The Morgan fingerprint density at radius 2 is 2.40 bits per heavy atom. The molecule has 0 amide bonds. The normalized spacial score (nSPS) is 15.4. The third kappa shape index (κ3) is 2.06. The Hall–Kier alpha value is -1.64. The van der Waals surface area contributed by atoms with Crippen molar-refractivity contribution in [3.63, 3.8) is 0 Å². The Morgan fingerprint density at radius 3 is 3.07 bits per heavy atom. The molecule has 0 saturated carbocycles. The molecule has 0 spiro atoms. The smallest absolute Gasteiger partial charge is 0.245 e. The van der Waals surface area contributed by atoms with E-state index in [1.807, 2.05) is 25.1 Å². The van der Waals surface area contributed by atoms with Crippen LogP contribution in [0.1, 0.15) is 28.9 Å². The standard InChI is InChI=1S/C12H13NO2/c1-9-5-4-7-13-11(9)12(14)10-6-2-3-8-15-10/h4-7H,2-3,8H2,1H3. The van der Waals surface area contributed by atoms with Gasteiger partial charge in [0.05, 0.1) is 6.61 Å². The number of carbonyl (C=O) groups excluding carboxylic acids is 1. The zero-order chi connectivity index (χ0) is 10.7. The first kappa shape index (κ1) is 9.90. The van der Waals surface area contributed by atoms with Crippen molar-refractivity contribution >= 4 is 5.78 Å². The Morgan fingerprint density at radius 1 is 1.53 bits per heavy atom. The molecule has 3 nitrogen and oxygen atoms in total. The largest absolute Gasteiger partial charge is 0.490 e. The summed E-state index contributed by atoms with van der Waals surface area (Å²) in [5.41, 5.74) is 1.38. The molecule has 78 valence electrons. The van der Waals surface area contributed by atoms with Crippen molar-refractivity contribution in [2.24, 2.45) is 0 Å². The number of ether oxygens (including phenoxy) is 1. The van der Waals surface area contributed by atoms with Gasteiger partial charge in [0, 0.05) is 6.20 Å². The van der Waals surface area contributed by atoms with Crippen molar-refractivity contribution in [3.05, 3.63) is 41.4 Å². The number of pyridine rings is 1. The lowest BCUT2D eigenvalue weighted by molar-refractivity contribution is 0.0893. The van der Waals surface area contributed by atoms with Crippen LogP contribution in [0.2, 0.25) is 0 Å². The minimum Gasteiger partial charge on any atom is -0.490 e. The zero-order valence-corrected chi connectivity index (χ0v) is 8.69. The molecule has 0 aliphatic carbocycles. The second-order valence-electron chi connectivity index (χ2n) is 3.56. The van der Waals surface area contributed by atoms with Gasteiger partial charge in [-0.05, 0) is 37.5 Å². The molecule has 2 rings (SSSR count). The first-order chi connectivity index (χ1) is 7.29. The average Bonchev–Trinajstić information content (AvgIpc) is 2.30. The number of hydrogen-bond donors (Lipinski definition) is 0. The van der Waals surface area contributed by atoms with Crippen LogP contribution in [0.15, 0.2) is 30.2 Å². The number of allylic oxidation sites excluding steroid dienone is 2. The van der Waals surface area contributed by atoms with E-state index in [2.05, 4.69) is 4.98 Å². The second kappa shape index (κ2) is 4.26. The van der Waals surface area contributed by atoms with Crippen LogP contribution in [-0.4, -0.2) is 17.4 Å². The third-order valence-corrected chi connectivity index (χ3v) is 2.38. The van der Waals surface area contributed by atoms with E-state index in [1.165, 1.54) is 0 Å². The van der Waals surface area contributed by atoms with Crippen LogP contribution in [0.25, 0.3) is 0 Å². The number of Topliss-reactive ketones (excluding diaryl/α,β-unsaturated/α-hetero) is 1. The highest BCUT2D eigenvalue weighted by Gasteiger charge is 2.18. The lowest BCUT2D eigenvalue weighted by Crippen LogP contribution is -2.13. The maximum Gasteiger partial charge on any atom is 0.245 e. The molecule has 0 aromatic carbocycles. The average molecular weight is 203 g/mol. The number of carbonyl (C=O) groups is 1. The van der Waals surface area contributed by atoms with Gasteiger partial charge in [-0.25, -0.2) is 0 Å². The zero-order valence-electron chi connectivity index (χ0n) is 8.69. The van der Waals surface area contributed by atoms with E-state index < -0.39 is 0 Å². The highest BCUT2D eigenvalue weighted by Crippen LogP contribution is 2.16. The molecule has 1 aliphatic heterocycles. The minimum atomic E-state index is -0.104. The highest BCUT2D eigenvalue weighted by atomic mass is 16.5. The summed E-state index contributed by atoms with van der Waals surface area (Å²) in [5, 5.41) is 0. The molecule has 0 N–H and O–H groups in total. The second-order valence-corrected chi connectivity index (χ2v) is 3.56. The molecule has 1 aromatic rings. The summed E-state index contributed by atoms with van der Waals surface area (Å²) in [5.74, 6) is 0.343. The number of hydrogen-bond acceptors (Lipinski definition) is 3. The molecule has 0 fully saturated rings. The molecule has 3 heteroatoms. The molecule has 0 saturated heterocycles. The topological polar surface area (TPSA) is 39.2 Å². The van der Waals surface area contributed by atoms with Crippen molar-refractivity contribution < 1.29 is 9.53 Å². The Labute approximate surface area is 88.8 Å². The maximum atomic E-state index is 12.0. The van der Waals surface area contributed by atoms with Crippen LogP contribution in [-0.2, 0) is 4.74 Å².